The lowest BCUT2D eigenvalue weighted by Gasteiger charge is -2.15. The van der Waals surface area contributed by atoms with Gasteiger partial charge < -0.3 is 10.4 Å². The molecule has 0 fully saturated rings. The van der Waals surface area contributed by atoms with E-state index in [-0.39, 0.29) is 6.10 Å². The van der Waals surface area contributed by atoms with Crippen molar-refractivity contribution in [3.8, 4) is 0 Å². The predicted molar refractivity (Wildman–Crippen MR) is 80.5 cm³/mol. The molecule has 0 aliphatic heterocycles. The SMILES string of the molecule is CC(O)CC(C)CNCc1nc2c(s1)CC(C)CC2. The van der Waals surface area contributed by atoms with Crippen LogP contribution < -0.4 is 5.32 Å². The molecule has 0 bridgehead atoms. The summed E-state index contributed by atoms with van der Waals surface area (Å²) in [5, 5.41) is 14.0. The molecular formula is C15H26N2OS. The third-order valence-corrected chi connectivity index (χ3v) is 4.86. The van der Waals surface area contributed by atoms with Crippen molar-refractivity contribution in [1.82, 2.24) is 10.3 Å². The summed E-state index contributed by atoms with van der Waals surface area (Å²) in [4.78, 5) is 6.26. The first-order valence-electron chi connectivity index (χ1n) is 7.40. The van der Waals surface area contributed by atoms with Gasteiger partial charge in [-0.3, -0.25) is 0 Å². The maximum Gasteiger partial charge on any atom is 0.107 e. The Morgan fingerprint density at radius 1 is 1.47 bits per heavy atom. The van der Waals surface area contributed by atoms with Gasteiger partial charge in [-0.05, 0) is 51.0 Å². The van der Waals surface area contributed by atoms with Gasteiger partial charge in [0.2, 0.25) is 0 Å². The van der Waals surface area contributed by atoms with Gasteiger partial charge in [-0.15, -0.1) is 11.3 Å². The lowest BCUT2D eigenvalue weighted by atomic mass is 9.93. The van der Waals surface area contributed by atoms with E-state index in [2.05, 4.69) is 19.2 Å². The second kappa shape index (κ2) is 6.82. The molecule has 0 saturated heterocycles. The largest absolute Gasteiger partial charge is 0.393 e. The Hall–Kier alpha value is -0.450. The number of thiazole rings is 1. The number of fused-ring (bicyclic) bond motifs is 1. The fraction of sp³-hybridized carbons (Fsp3) is 0.800. The fourth-order valence-electron chi connectivity index (χ4n) is 2.76. The van der Waals surface area contributed by atoms with Crippen molar-refractivity contribution in [3.05, 3.63) is 15.6 Å². The molecule has 2 N–H and O–H groups in total. The van der Waals surface area contributed by atoms with Crippen LogP contribution in [0.15, 0.2) is 0 Å². The van der Waals surface area contributed by atoms with Crippen LogP contribution in [0.4, 0.5) is 0 Å². The van der Waals surface area contributed by atoms with Crippen molar-refractivity contribution in [3.63, 3.8) is 0 Å². The van der Waals surface area contributed by atoms with Gasteiger partial charge in [0, 0.05) is 11.4 Å². The molecular weight excluding hydrogens is 256 g/mol. The van der Waals surface area contributed by atoms with Crippen LogP contribution in [-0.4, -0.2) is 22.7 Å². The molecule has 108 valence electrons. The van der Waals surface area contributed by atoms with Crippen LogP contribution in [0, 0.1) is 11.8 Å². The number of aliphatic hydroxyl groups excluding tert-OH is 1. The normalized spacial score (nSPS) is 22.0. The highest BCUT2D eigenvalue weighted by molar-refractivity contribution is 7.11. The molecule has 3 unspecified atom stereocenters. The zero-order chi connectivity index (χ0) is 13.8. The Balaban J connectivity index is 1.78. The topological polar surface area (TPSA) is 45.1 Å². The van der Waals surface area contributed by atoms with Crippen molar-refractivity contribution in [2.45, 2.75) is 59.1 Å². The number of aryl methyl sites for hydroxylation is 1. The second-order valence-corrected chi connectivity index (χ2v) is 7.31. The molecule has 19 heavy (non-hydrogen) atoms. The summed E-state index contributed by atoms with van der Waals surface area (Å²) in [6.07, 6.45) is 4.32. The molecule has 3 atom stereocenters. The second-order valence-electron chi connectivity index (χ2n) is 6.15. The van der Waals surface area contributed by atoms with E-state index in [4.69, 9.17) is 4.98 Å². The molecule has 1 aliphatic rings. The van der Waals surface area contributed by atoms with Gasteiger partial charge in [-0.1, -0.05) is 13.8 Å². The maximum atomic E-state index is 9.34. The zero-order valence-electron chi connectivity index (χ0n) is 12.3. The fourth-order valence-corrected chi connectivity index (χ4v) is 4.01. The molecule has 0 saturated carbocycles. The molecule has 0 amide bonds. The Morgan fingerprint density at radius 2 is 2.26 bits per heavy atom. The molecule has 0 spiro atoms. The van der Waals surface area contributed by atoms with E-state index >= 15 is 0 Å². The number of aliphatic hydroxyl groups is 1. The van der Waals surface area contributed by atoms with Gasteiger partial charge >= 0.3 is 0 Å². The van der Waals surface area contributed by atoms with Crippen LogP contribution in [0.5, 0.6) is 0 Å². The first-order chi connectivity index (χ1) is 9.04. The van der Waals surface area contributed by atoms with Crippen molar-refractivity contribution in [2.75, 3.05) is 6.54 Å². The minimum Gasteiger partial charge on any atom is -0.393 e. The highest BCUT2D eigenvalue weighted by Crippen LogP contribution is 2.29. The summed E-state index contributed by atoms with van der Waals surface area (Å²) in [5.74, 6) is 1.33. The van der Waals surface area contributed by atoms with Crippen molar-refractivity contribution in [1.29, 1.82) is 0 Å². The van der Waals surface area contributed by atoms with Gasteiger partial charge in [-0.2, -0.15) is 0 Å². The Kier molecular flexibility index (Phi) is 5.37. The van der Waals surface area contributed by atoms with E-state index in [0.29, 0.717) is 5.92 Å². The van der Waals surface area contributed by atoms with Gasteiger partial charge in [0.1, 0.15) is 5.01 Å². The average molecular weight is 282 g/mol. The van der Waals surface area contributed by atoms with Crippen LogP contribution in [0.25, 0.3) is 0 Å². The van der Waals surface area contributed by atoms with E-state index < -0.39 is 0 Å². The highest BCUT2D eigenvalue weighted by atomic mass is 32.1. The van der Waals surface area contributed by atoms with Crippen molar-refractivity contribution < 1.29 is 5.11 Å². The van der Waals surface area contributed by atoms with E-state index in [1.165, 1.54) is 28.4 Å². The summed E-state index contributed by atoms with van der Waals surface area (Å²) in [5.41, 5.74) is 1.34. The first-order valence-corrected chi connectivity index (χ1v) is 8.22. The molecule has 1 aliphatic carbocycles. The van der Waals surface area contributed by atoms with Crippen LogP contribution in [0.3, 0.4) is 0 Å². The zero-order valence-corrected chi connectivity index (χ0v) is 13.1. The van der Waals surface area contributed by atoms with E-state index in [9.17, 15) is 5.11 Å². The number of hydrogen-bond acceptors (Lipinski definition) is 4. The van der Waals surface area contributed by atoms with Gasteiger partial charge in [0.15, 0.2) is 0 Å². The number of nitrogens with zero attached hydrogens (tertiary/aromatic N) is 1. The van der Waals surface area contributed by atoms with Crippen LogP contribution in [0.2, 0.25) is 0 Å². The average Bonchev–Trinajstić information content (AvgIpc) is 2.69. The summed E-state index contributed by atoms with van der Waals surface area (Å²) in [6.45, 7) is 8.18. The maximum absolute atomic E-state index is 9.34. The third-order valence-electron chi connectivity index (χ3n) is 3.74. The van der Waals surface area contributed by atoms with E-state index in [1.807, 2.05) is 18.3 Å². The molecule has 3 nitrogen and oxygen atoms in total. The Bertz CT molecular complexity index is 403. The predicted octanol–water partition coefficient (Wildman–Crippen LogP) is 2.76. The summed E-state index contributed by atoms with van der Waals surface area (Å²) in [7, 11) is 0. The van der Waals surface area contributed by atoms with E-state index in [1.54, 1.807) is 0 Å². The molecule has 1 aromatic rings. The van der Waals surface area contributed by atoms with E-state index in [0.717, 1.165) is 31.8 Å². The van der Waals surface area contributed by atoms with Gasteiger partial charge in [-0.25, -0.2) is 4.98 Å². The highest BCUT2D eigenvalue weighted by Gasteiger charge is 2.19. The summed E-state index contributed by atoms with van der Waals surface area (Å²) in [6, 6.07) is 0. The molecule has 1 aromatic heterocycles. The first kappa shape index (κ1) is 14.9. The molecule has 0 radical (unpaired) electrons. The van der Waals surface area contributed by atoms with Crippen molar-refractivity contribution >= 4 is 11.3 Å². The van der Waals surface area contributed by atoms with Crippen LogP contribution >= 0.6 is 11.3 Å². The third kappa shape index (κ3) is 4.55. The Labute approximate surface area is 120 Å². The minimum atomic E-state index is -0.203. The molecule has 1 heterocycles. The summed E-state index contributed by atoms with van der Waals surface area (Å²) < 4.78 is 0. The lowest BCUT2D eigenvalue weighted by molar-refractivity contribution is 0.163. The summed E-state index contributed by atoms with van der Waals surface area (Å²) >= 11 is 1.88. The minimum absolute atomic E-state index is 0.203. The monoisotopic (exact) mass is 282 g/mol. The molecule has 4 heteroatoms. The smallest absolute Gasteiger partial charge is 0.107 e. The number of nitrogens with one attached hydrogen (secondary N) is 1. The molecule has 0 aromatic carbocycles. The quantitative estimate of drug-likeness (QED) is 0.843. The number of hydrogen-bond donors (Lipinski definition) is 2. The molecule has 2 rings (SSSR count). The van der Waals surface area contributed by atoms with Gasteiger partial charge in [0.25, 0.3) is 0 Å². The van der Waals surface area contributed by atoms with Gasteiger partial charge in [0.05, 0.1) is 11.8 Å². The Morgan fingerprint density at radius 3 is 3.00 bits per heavy atom. The van der Waals surface area contributed by atoms with Crippen LogP contribution in [0.1, 0.15) is 49.2 Å². The standard InChI is InChI=1S/C15H26N2OS/c1-10-4-5-13-14(7-10)19-15(17-13)9-16-8-11(2)6-12(3)18/h10-12,16,18H,4-9H2,1-3H3. The van der Waals surface area contributed by atoms with Crippen LogP contribution in [-0.2, 0) is 19.4 Å². The number of aromatic nitrogens is 1. The van der Waals surface area contributed by atoms with Crippen molar-refractivity contribution in [2.24, 2.45) is 11.8 Å². The lowest BCUT2D eigenvalue weighted by Crippen LogP contribution is -2.23. The number of rotatable bonds is 6.